The van der Waals surface area contributed by atoms with Crippen molar-refractivity contribution in [1.82, 2.24) is 14.9 Å². The molecule has 2 unspecified atom stereocenters. The lowest BCUT2D eigenvalue weighted by Crippen LogP contribution is -2.39. The molecule has 21 heavy (non-hydrogen) atoms. The summed E-state index contributed by atoms with van der Waals surface area (Å²) in [4.78, 5) is 27.3. The van der Waals surface area contributed by atoms with E-state index in [1.165, 1.54) is 0 Å². The summed E-state index contributed by atoms with van der Waals surface area (Å²) >= 11 is 0. The molecule has 6 nitrogen and oxygen atoms in total. The molecule has 2 atom stereocenters. The van der Waals surface area contributed by atoms with Crippen molar-refractivity contribution in [3.05, 3.63) is 30.6 Å². The molecule has 0 saturated heterocycles. The number of para-hydroxylation sites is 2. The molecule has 0 fully saturated rings. The molecule has 0 aliphatic heterocycles. The number of imidazole rings is 1. The number of benzene rings is 1. The van der Waals surface area contributed by atoms with Gasteiger partial charge in [0.25, 0.3) is 0 Å². The number of carbonyl (C=O) groups excluding carboxylic acids is 1. The summed E-state index contributed by atoms with van der Waals surface area (Å²) < 4.78 is 1.79. The first-order valence-electron chi connectivity index (χ1n) is 6.96. The number of carboxylic acid groups (broad SMARTS) is 1. The molecule has 1 aromatic heterocycles. The van der Waals surface area contributed by atoms with Gasteiger partial charge in [-0.3, -0.25) is 9.59 Å². The molecule has 0 saturated carbocycles. The Morgan fingerprint density at radius 3 is 2.76 bits per heavy atom. The van der Waals surface area contributed by atoms with E-state index in [1.807, 2.05) is 31.2 Å². The molecule has 2 aromatic rings. The zero-order valence-electron chi connectivity index (χ0n) is 12.1. The largest absolute Gasteiger partial charge is 0.481 e. The van der Waals surface area contributed by atoms with Crippen LogP contribution in [0, 0.1) is 0 Å². The monoisotopic (exact) mass is 289 g/mol. The van der Waals surface area contributed by atoms with Gasteiger partial charge in [-0.15, -0.1) is 0 Å². The molecule has 0 bridgehead atoms. The third kappa shape index (κ3) is 3.39. The van der Waals surface area contributed by atoms with Gasteiger partial charge < -0.3 is 15.0 Å². The number of carbonyl (C=O) groups is 2. The van der Waals surface area contributed by atoms with Crippen LogP contribution in [0.1, 0.15) is 32.7 Å². The Kier molecular flexibility index (Phi) is 4.57. The average molecular weight is 289 g/mol. The van der Waals surface area contributed by atoms with Gasteiger partial charge in [-0.05, 0) is 25.5 Å². The first-order chi connectivity index (χ1) is 10.0. The summed E-state index contributed by atoms with van der Waals surface area (Å²) in [5, 5.41) is 11.6. The minimum atomic E-state index is -0.914. The molecule has 2 rings (SSSR count). The summed E-state index contributed by atoms with van der Waals surface area (Å²) in [7, 11) is 0. The van der Waals surface area contributed by atoms with Crippen LogP contribution in [0.2, 0.25) is 0 Å². The molecular weight excluding hydrogens is 270 g/mol. The van der Waals surface area contributed by atoms with Gasteiger partial charge in [-0.25, -0.2) is 4.98 Å². The molecule has 2 N–H and O–H groups in total. The SMILES string of the molecule is CCC(CC(=O)O)NC(=O)C(C)n1cnc2ccccc21. The molecule has 6 heteroatoms. The molecule has 0 radical (unpaired) electrons. The number of hydrogen-bond donors (Lipinski definition) is 2. The normalized spacial score (nSPS) is 13.8. The van der Waals surface area contributed by atoms with E-state index >= 15 is 0 Å². The number of amides is 1. The maximum absolute atomic E-state index is 12.3. The fourth-order valence-electron chi connectivity index (χ4n) is 2.24. The van der Waals surface area contributed by atoms with Crippen molar-refractivity contribution in [3.8, 4) is 0 Å². The molecule has 1 amide bonds. The van der Waals surface area contributed by atoms with Crippen LogP contribution >= 0.6 is 0 Å². The smallest absolute Gasteiger partial charge is 0.305 e. The van der Waals surface area contributed by atoms with Crippen LogP contribution in [0.5, 0.6) is 0 Å². The number of nitrogens with one attached hydrogen (secondary N) is 1. The summed E-state index contributed by atoms with van der Waals surface area (Å²) in [6.45, 7) is 3.63. The molecule has 1 heterocycles. The van der Waals surface area contributed by atoms with Gasteiger partial charge in [0.1, 0.15) is 6.04 Å². The van der Waals surface area contributed by atoms with E-state index in [0.29, 0.717) is 6.42 Å². The lowest BCUT2D eigenvalue weighted by molar-refractivity contribution is -0.137. The Bertz CT molecular complexity index is 650. The molecule has 0 aliphatic rings. The second kappa shape index (κ2) is 6.39. The summed E-state index contributed by atoms with van der Waals surface area (Å²) in [5.41, 5.74) is 1.71. The lowest BCUT2D eigenvalue weighted by Gasteiger charge is -2.19. The summed E-state index contributed by atoms with van der Waals surface area (Å²) in [6.07, 6.45) is 2.14. The van der Waals surface area contributed by atoms with Gasteiger partial charge in [0, 0.05) is 6.04 Å². The van der Waals surface area contributed by atoms with E-state index in [9.17, 15) is 9.59 Å². The Balaban J connectivity index is 2.13. The minimum Gasteiger partial charge on any atom is -0.481 e. The van der Waals surface area contributed by atoms with Crippen LogP contribution in [-0.2, 0) is 9.59 Å². The van der Waals surface area contributed by atoms with Crippen molar-refractivity contribution in [2.75, 3.05) is 0 Å². The molecular formula is C15H19N3O3. The highest BCUT2D eigenvalue weighted by atomic mass is 16.4. The van der Waals surface area contributed by atoms with Crippen LogP contribution in [0.15, 0.2) is 30.6 Å². The number of rotatable bonds is 6. The number of aromatic nitrogens is 2. The molecule has 112 valence electrons. The van der Waals surface area contributed by atoms with E-state index < -0.39 is 12.0 Å². The highest BCUT2D eigenvalue weighted by molar-refractivity contribution is 5.84. The quantitative estimate of drug-likeness (QED) is 0.851. The molecule has 0 spiro atoms. The van der Waals surface area contributed by atoms with Crippen molar-refractivity contribution < 1.29 is 14.7 Å². The van der Waals surface area contributed by atoms with Gasteiger partial charge in [0.15, 0.2) is 0 Å². The average Bonchev–Trinajstić information content (AvgIpc) is 2.89. The topological polar surface area (TPSA) is 84.2 Å². The second-order valence-electron chi connectivity index (χ2n) is 5.03. The van der Waals surface area contributed by atoms with E-state index in [4.69, 9.17) is 5.11 Å². The zero-order valence-corrected chi connectivity index (χ0v) is 12.1. The molecule has 0 aliphatic carbocycles. The minimum absolute atomic E-state index is 0.0698. The first-order valence-corrected chi connectivity index (χ1v) is 6.96. The lowest BCUT2D eigenvalue weighted by atomic mass is 10.1. The second-order valence-corrected chi connectivity index (χ2v) is 5.03. The van der Waals surface area contributed by atoms with Gasteiger partial charge in [-0.1, -0.05) is 19.1 Å². The number of hydrogen-bond acceptors (Lipinski definition) is 3. The third-order valence-electron chi connectivity index (χ3n) is 3.54. The van der Waals surface area contributed by atoms with Crippen molar-refractivity contribution >= 4 is 22.9 Å². The van der Waals surface area contributed by atoms with Crippen molar-refractivity contribution in [1.29, 1.82) is 0 Å². The van der Waals surface area contributed by atoms with E-state index in [1.54, 1.807) is 17.8 Å². The Labute approximate surface area is 122 Å². The number of carboxylic acids is 1. The summed E-state index contributed by atoms with van der Waals surface area (Å²) in [6, 6.07) is 6.78. The van der Waals surface area contributed by atoms with Crippen LogP contribution in [0.25, 0.3) is 11.0 Å². The number of fused-ring (bicyclic) bond motifs is 1. The van der Waals surface area contributed by atoms with Crippen molar-refractivity contribution in [2.45, 2.75) is 38.8 Å². The highest BCUT2D eigenvalue weighted by Crippen LogP contribution is 2.17. The number of nitrogens with zero attached hydrogens (tertiary/aromatic N) is 2. The van der Waals surface area contributed by atoms with Gasteiger partial charge >= 0.3 is 5.97 Å². The fourth-order valence-corrected chi connectivity index (χ4v) is 2.24. The predicted octanol–water partition coefficient (Wildman–Crippen LogP) is 1.97. The van der Waals surface area contributed by atoms with E-state index in [2.05, 4.69) is 10.3 Å². The van der Waals surface area contributed by atoms with Gasteiger partial charge in [0.2, 0.25) is 5.91 Å². The van der Waals surface area contributed by atoms with Gasteiger partial charge in [-0.2, -0.15) is 0 Å². The van der Waals surface area contributed by atoms with Crippen LogP contribution in [-0.4, -0.2) is 32.6 Å². The van der Waals surface area contributed by atoms with Crippen LogP contribution in [0.3, 0.4) is 0 Å². The number of aliphatic carboxylic acids is 1. The van der Waals surface area contributed by atoms with E-state index in [0.717, 1.165) is 11.0 Å². The first kappa shape index (κ1) is 15.0. The van der Waals surface area contributed by atoms with Crippen LogP contribution in [0.4, 0.5) is 0 Å². The Morgan fingerprint density at radius 1 is 1.38 bits per heavy atom. The maximum atomic E-state index is 12.3. The van der Waals surface area contributed by atoms with Crippen LogP contribution < -0.4 is 5.32 Å². The van der Waals surface area contributed by atoms with Crippen molar-refractivity contribution in [2.24, 2.45) is 0 Å². The third-order valence-corrected chi connectivity index (χ3v) is 3.54. The predicted molar refractivity (Wildman–Crippen MR) is 78.9 cm³/mol. The highest BCUT2D eigenvalue weighted by Gasteiger charge is 2.21. The van der Waals surface area contributed by atoms with Crippen molar-refractivity contribution in [3.63, 3.8) is 0 Å². The Hall–Kier alpha value is -2.37. The fraction of sp³-hybridized carbons (Fsp3) is 0.400. The Morgan fingerprint density at radius 2 is 2.10 bits per heavy atom. The van der Waals surface area contributed by atoms with Gasteiger partial charge in [0.05, 0.1) is 23.8 Å². The molecule has 1 aromatic carbocycles. The van der Waals surface area contributed by atoms with E-state index in [-0.39, 0.29) is 18.4 Å². The zero-order chi connectivity index (χ0) is 15.4. The standard InChI is InChI=1S/C15H19N3O3/c1-3-11(8-14(19)20)17-15(21)10(2)18-9-16-12-6-4-5-7-13(12)18/h4-7,9-11H,3,8H2,1-2H3,(H,17,21)(H,19,20). The maximum Gasteiger partial charge on any atom is 0.305 e. The summed E-state index contributed by atoms with van der Waals surface area (Å²) in [5.74, 6) is -1.12.